The van der Waals surface area contributed by atoms with E-state index < -0.39 is 8.07 Å². The number of furan rings is 1. The van der Waals surface area contributed by atoms with E-state index in [9.17, 15) is 0 Å². The summed E-state index contributed by atoms with van der Waals surface area (Å²) in [5.41, 5.74) is 8.53. The van der Waals surface area contributed by atoms with Crippen molar-refractivity contribution in [1.82, 2.24) is 9.97 Å². The molecule has 3 aromatic carbocycles. The number of pyridine rings is 2. The molecule has 0 saturated heterocycles. The van der Waals surface area contributed by atoms with Gasteiger partial charge in [0.1, 0.15) is 5.58 Å². The first-order chi connectivity index (χ1) is 21.3. The van der Waals surface area contributed by atoms with Gasteiger partial charge in [-0.15, -0.1) is 54.1 Å². The van der Waals surface area contributed by atoms with E-state index in [1.807, 2.05) is 42.7 Å². The minimum Gasteiger partial charge on any atom is -0.501 e. The predicted molar refractivity (Wildman–Crippen MR) is 187 cm³/mol. The van der Waals surface area contributed by atoms with Gasteiger partial charge >= 0.3 is 0 Å². The number of nitrogens with zero attached hydrogens (tertiary/aromatic N) is 2. The van der Waals surface area contributed by atoms with Crippen molar-refractivity contribution < 1.29 is 24.5 Å². The molecule has 3 aromatic heterocycles. The summed E-state index contributed by atoms with van der Waals surface area (Å²) in [6.07, 6.45) is 10.5. The molecule has 7 rings (SSSR count). The van der Waals surface area contributed by atoms with Crippen LogP contribution in [-0.4, -0.2) is 18.0 Å². The van der Waals surface area contributed by atoms with Gasteiger partial charge in [-0.25, -0.2) is 0 Å². The van der Waals surface area contributed by atoms with Crippen molar-refractivity contribution in [2.24, 2.45) is 0 Å². The molecular weight excluding hydrogens is 745 g/mol. The van der Waals surface area contributed by atoms with Crippen molar-refractivity contribution in [2.45, 2.75) is 77.4 Å². The van der Waals surface area contributed by atoms with Crippen LogP contribution in [0.15, 0.2) is 95.7 Å². The van der Waals surface area contributed by atoms with Gasteiger partial charge in [-0.2, -0.15) is 0 Å². The molecule has 1 aliphatic rings. The maximum atomic E-state index is 6.34. The van der Waals surface area contributed by atoms with Crippen LogP contribution >= 0.6 is 0 Å². The Balaban J connectivity index is 0.000000212. The minimum atomic E-state index is -1.38. The van der Waals surface area contributed by atoms with Crippen LogP contribution in [-0.2, 0) is 20.1 Å². The fourth-order valence-electron chi connectivity index (χ4n) is 6.13. The zero-order chi connectivity index (χ0) is 30.7. The molecule has 3 nitrogen and oxygen atoms in total. The van der Waals surface area contributed by atoms with Gasteiger partial charge in [0, 0.05) is 37.9 Å². The molecule has 0 atom stereocenters. The maximum absolute atomic E-state index is 6.34. The summed E-state index contributed by atoms with van der Waals surface area (Å²) in [6, 6.07) is 34.0. The smallest absolute Gasteiger partial charge is 0.120 e. The summed E-state index contributed by atoms with van der Waals surface area (Å²) in [5, 5.41) is 3.83. The molecule has 5 heteroatoms. The molecule has 0 aliphatic heterocycles. The number of benzene rings is 3. The van der Waals surface area contributed by atoms with E-state index in [-0.39, 0.29) is 20.1 Å². The summed E-state index contributed by atoms with van der Waals surface area (Å²) >= 11 is 0. The van der Waals surface area contributed by atoms with Gasteiger partial charge in [0.05, 0.1) is 13.7 Å². The molecule has 1 aliphatic carbocycles. The number of hydrogen-bond acceptors (Lipinski definition) is 3. The molecule has 233 valence electrons. The molecule has 6 aromatic rings. The Bertz CT molecular complexity index is 1850. The van der Waals surface area contributed by atoms with E-state index in [1.165, 1.54) is 59.2 Å². The first-order valence-corrected chi connectivity index (χ1v) is 19.5. The second-order valence-corrected chi connectivity index (χ2v) is 18.5. The topological polar surface area (TPSA) is 38.9 Å². The van der Waals surface area contributed by atoms with Gasteiger partial charge in [0.2, 0.25) is 0 Å². The molecule has 0 unspecified atom stereocenters. The van der Waals surface area contributed by atoms with Crippen LogP contribution in [0.4, 0.5) is 0 Å². The Morgan fingerprint density at radius 3 is 2.31 bits per heavy atom. The molecule has 0 bridgehead atoms. The summed E-state index contributed by atoms with van der Waals surface area (Å²) in [5.74, 6) is 1.20. The molecule has 1 radical (unpaired) electrons. The molecule has 0 amide bonds. The second-order valence-electron chi connectivity index (χ2n) is 13.4. The largest absolute Gasteiger partial charge is 0.501 e. The zero-order valence-corrected chi connectivity index (χ0v) is 30.4. The van der Waals surface area contributed by atoms with Gasteiger partial charge in [0.25, 0.3) is 0 Å². The molecule has 0 N–H and O–H groups in total. The SMILES string of the molecule is CC(C)c1ccc(-c2[c-]cccc2)nc1.C[Si](C)(C)c1ccc2oc3c(-c4cc(C5CCCCC5)ccn4)[c-]ccc3c2c1.[Ir]. The predicted octanol–water partition coefficient (Wildman–Crippen LogP) is 10.7. The summed E-state index contributed by atoms with van der Waals surface area (Å²) in [4.78, 5) is 9.14. The van der Waals surface area contributed by atoms with E-state index in [0.29, 0.717) is 11.8 Å². The van der Waals surface area contributed by atoms with Crippen molar-refractivity contribution >= 4 is 35.2 Å². The second kappa shape index (κ2) is 14.4. The van der Waals surface area contributed by atoms with Crippen molar-refractivity contribution in [2.75, 3.05) is 0 Å². The van der Waals surface area contributed by atoms with E-state index in [4.69, 9.17) is 9.40 Å². The third kappa shape index (κ3) is 7.55. The molecule has 1 fully saturated rings. The monoisotopic (exact) mass is 787 g/mol. The van der Waals surface area contributed by atoms with Gasteiger partial charge < -0.3 is 14.4 Å². The zero-order valence-electron chi connectivity index (χ0n) is 27.0. The minimum absolute atomic E-state index is 0. The summed E-state index contributed by atoms with van der Waals surface area (Å²) in [7, 11) is -1.38. The van der Waals surface area contributed by atoms with Crippen molar-refractivity contribution in [3.63, 3.8) is 0 Å². The van der Waals surface area contributed by atoms with Crippen LogP contribution in [0.1, 0.15) is 68.9 Å². The Labute approximate surface area is 282 Å². The number of hydrogen-bond donors (Lipinski definition) is 0. The van der Waals surface area contributed by atoms with Gasteiger partial charge in [-0.3, -0.25) is 0 Å². The Kier molecular flexibility index (Phi) is 10.5. The van der Waals surface area contributed by atoms with E-state index in [1.54, 1.807) is 0 Å². The molecular formula is C40H42IrN2OSi-2. The van der Waals surface area contributed by atoms with Crippen LogP contribution in [0, 0.1) is 12.1 Å². The summed E-state index contributed by atoms with van der Waals surface area (Å²) in [6.45, 7) is 11.5. The fourth-order valence-corrected chi connectivity index (χ4v) is 7.29. The summed E-state index contributed by atoms with van der Waals surface area (Å²) < 4.78 is 6.34. The molecule has 3 heterocycles. The molecule has 1 saturated carbocycles. The Morgan fingerprint density at radius 1 is 0.800 bits per heavy atom. The Hall–Kier alpha value is -3.37. The van der Waals surface area contributed by atoms with E-state index in [0.717, 1.165) is 33.7 Å². The van der Waals surface area contributed by atoms with Crippen LogP contribution in [0.5, 0.6) is 0 Å². The van der Waals surface area contributed by atoms with E-state index in [2.05, 4.69) is 99.1 Å². The van der Waals surface area contributed by atoms with Crippen molar-refractivity contribution in [3.05, 3.63) is 115 Å². The van der Waals surface area contributed by atoms with Crippen molar-refractivity contribution in [3.8, 4) is 22.5 Å². The third-order valence-corrected chi connectivity index (χ3v) is 10.9. The van der Waals surface area contributed by atoms with Gasteiger partial charge in [-0.1, -0.05) is 105 Å². The van der Waals surface area contributed by atoms with Crippen LogP contribution in [0.2, 0.25) is 19.6 Å². The fraction of sp³-hybridized carbons (Fsp3) is 0.300. The number of fused-ring (bicyclic) bond motifs is 3. The molecule has 0 spiro atoms. The normalized spacial score (nSPS) is 13.8. The molecule has 45 heavy (non-hydrogen) atoms. The maximum Gasteiger partial charge on any atom is 0.120 e. The number of aromatic nitrogens is 2. The average molecular weight is 787 g/mol. The van der Waals surface area contributed by atoms with Crippen LogP contribution in [0.3, 0.4) is 0 Å². The number of rotatable bonds is 5. The quantitative estimate of drug-likeness (QED) is 0.129. The van der Waals surface area contributed by atoms with Crippen molar-refractivity contribution in [1.29, 1.82) is 0 Å². The third-order valence-electron chi connectivity index (χ3n) is 8.85. The van der Waals surface area contributed by atoms with Gasteiger partial charge in [-0.05, 0) is 53.8 Å². The first kappa shape index (κ1) is 33.0. The first-order valence-electron chi connectivity index (χ1n) is 16.0. The Morgan fingerprint density at radius 2 is 1.62 bits per heavy atom. The van der Waals surface area contributed by atoms with Crippen LogP contribution < -0.4 is 5.19 Å². The van der Waals surface area contributed by atoms with E-state index >= 15 is 0 Å². The van der Waals surface area contributed by atoms with Crippen LogP contribution in [0.25, 0.3) is 44.5 Å². The standard InChI is InChI=1S/C26H28NOSi.C14H14N.Ir/c1-29(2,3)20-12-13-25-23(17-20)21-10-7-11-22(26(21)28-25)24-16-19(14-15-27-24)18-8-5-4-6-9-18;1-11(2)13-8-9-14(15-10-13)12-6-4-3-5-7-12;/h7,10,12-18H,4-6,8-9H2,1-3H3;3-6,8-11H,1-2H3;/q2*-1;. The van der Waals surface area contributed by atoms with Gasteiger partial charge in [0.15, 0.2) is 0 Å². The average Bonchev–Trinajstić information content (AvgIpc) is 3.44.